The van der Waals surface area contributed by atoms with Crippen LogP contribution in [0.15, 0.2) is 23.2 Å². The van der Waals surface area contributed by atoms with E-state index in [1.54, 1.807) is 27.9 Å². The van der Waals surface area contributed by atoms with Crippen molar-refractivity contribution in [3.63, 3.8) is 0 Å². The maximum Gasteiger partial charge on any atom is 0.387 e. The molecule has 1 amide bonds. The molecule has 1 aromatic carbocycles. The van der Waals surface area contributed by atoms with Gasteiger partial charge in [-0.1, -0.05) is 11.6 Å². The molecule has 3 N–H and O–H groups in total. The van der Waals surface area contributed by atoms with E-state index < -0.39 is 12.0 Å². The van der Waals surface area contributed by atoms with E-state index in [9.17, 15) is 13.6 Å². The lowest BCUT2D eigenvalue weighted by molar-refractivity contribution is -0.128. The molecule has 1 rings (SSSR count). The zero-order chi connectivity index (χ0) is 19.0. The van der Waals surface area contributed by atoms with E-state index in [0.29, 0.717) is 23.1 Å². The van der Waals surface area contributed by atoms with Gasteiger partial charge in [0, 0.05) is 37.8 Å². The fourth-order valence-corrected chi connectivity index (χ4v) is 2.21. The summed E-state index contributed by atoms with van der Waals surface area (Å²) in [6, 6.07) is 4.39. The van der Waals surface area contributed by atoms with E-state index in [1.165, 1.54) is 18.2 Å². The summed E-state index contributed by atoms with van der Waals surface area (Å²) < 4.78 is 29.4. The van der Waals surface area contributed by atoms with Crippen molar-refractivity contribution in [2.75, 3.05) is 20.6 Å². The van der Waals surface area contributed by atoms with Crippen molar-refractivity contribution in [1.29, 1.82) is 0 Å². The van der Waals surface area contributed by atoms with Crippen molar-refractivity contribution in [1.82, 2.24) is 16.0 Å². The van der Waals surface area contributed by atoms with Gasteiger partial charge in [0.1, 0.15) is 5.75 Å². The van der Waals surface area contributed by atoms with Gasteiger partial charge in [0.25, 0.3) is 0 Å². The first-order chi connectivity index (χ1) is 11.7. The van der Waals surface area contributed by atoms with Crippen LogP contribution in [-0.2, 0) is 11.3 Å². The molecule has 6 nitrogen and oxygen atoms in total. The summed E-state index contributed by atoms with van der Waals surface area (Å²) in [5, 5.41) is 9.01. The highest BCUT2D eigenvalue weighted by molar-refractivity contribution is 6.30. The number of ether oxygens (including phenoxy) is 1. The summed E-state index contributed by atoms with van der Waals surface area (Å²) in [7, 11) is 3.14. The van der Waals surface area contributed by atoms with Crippen LogP contribution < -0.4 is 20.7 Å². The van der Waals surface area contributed by atoms with Crippen LogP contribution in [0.3, 0.4) is 0 Å². The number of guanidine groups is 1. The van der Waals surface area contributed by atoms with Crippen LogP contribution in [0.2, 0.25) is 5.02 Å². The Bertz CT molecular complexity index is 624. The van der Waals surface area contributed by atoms with Crippen molar-refractivity contribution >= 4 is 23.5 Å². The number of nitrogens with zero attached hydrogens (tertiary/aromatic N) is 1. The number of carbonyl (C=O) groups is 1. The Kier molecular flexibility index (Phi) is 7.89. The summed E-state index contributed by atoms with van der Waals surface area (Å²) in [6.07, 6.45) is 0. The number of hydrogen-bond donors (Lipinski definition) is 3. The first kappa shape index (κ1) is 21.0. The van der Waals surface area contributed by atoms with E-state index >= 15 is 0 Å². The molecule has 140 valence electrons. The summed E-state index contributed by atoms with van der Waals surface area (Å²) in [6.45, 7) is 1.16. The molecule has 0 aliphatic rings. The maximum absolute atomic E-state index is 12.5. The molecule has 1 aromatic rings. The summed E-state index contributed by atoms with van der Waals surface area (Å²) in [4.78, 5) is 15.8. The lowest BCUT2D eigenvalue weighted by Crippen LogP contribution is -2.47. The second kappa shape index (κ2) is 9.41. The molecule has 0 aromatic heterocycles. The van der Waals surface area contributed by atoms with Crippen LogP contribution in [0.4, 0.5) is 8.78 Å². The van der Waals surface area contributed by atoms with Crippen LogP contribution in [0, 0.1) is 5.41 Å². The number of hydrogen-bond acceptors (Lipinski definition) is 3. The molecule has 0 spiro atoms. The number of halogens is 3. The predicted molar refractivity (Wildman–Crippen MR) is 94.1 cm³/mol. The fraction of sp³-hybridized carbons (Fsp3) is 0.500. The Morgan fingerprint density at radius 2 is 2.04 bits per heavy atom. The third-order valence-electron chi connectivity index (χ3n) is 3.45. The van der Waals surface area contributed by atoms with Crippen molar-refractivity contribution in [3.05, 3.63) is 28.8 Å². The molecule has 0 heterocycles. The van der Waals surface area contributed by atoms with E-state index in [2.05, 4.69) is 25.7 Å². The number of carbonyl (C=O) groups excluding carboxylic acids is 1. The van der Waals surface area contributed by atoms with Crippen molar-refractivity contribution < 1.29 is 18.3 Å². The predicted octanol–water partition coefficient (Wildman–Crippen LogP) is 2.38. The van der Waals surface area contributed by atoms with Crippen LogP contribution in [0.25, 0.3) is 0 Å². The highest BCUT2D eigenvalue weighted by Crippen LogP contribution is 2.24. The minimum absolute atomic E-state index is 0.0352. The first-order valence-electron chi connectivity index (χ1n) is 7.59. The number of aliphatic imine (C=N–C) groups is 1. The summed E-state index contributed by atoms with van der Waals surface area (Å²) in [5.41, 5.74) is -0.187. The number of amides is 1. The average molecular weight is 377 g/mol. The van der Waals surface area contributed by atoms with Gasteiger partial charge < -0.3 is 20.7 Å². The van der Waals surface area contributed by atoms with Gasteiger partial charge in [0.15, 0.2) is 5.96 Å². The minimum Gasteiger partial charge on any atom is -0.434 e. The fourth-order valence-electron chi connectivity index (χ4n) is 2.02. The Hall–Kier alpha value is -2.09. The largest absolute Gasteiger partial charge is 0.434 e. The third-order valence-corrected chi connectivity index (χ3v) is 3.68. The maximum atomic E-state index is 12.5. The molecule has 0 saturated carbocycles. The second-order valence-corrected chi connectivity index (χ2v) is 6.31. The van der Waals surface area contributed by atoms with Gasteiger partial charge in [-0.05, 0) is 32.0 Å². The smallest absolute Gasteiger partial charge is 0.387 e. The summed E-state index contributed by atoms with van der Waals surface area (Å²) in [5.74, 6) is 0.339. The SMILES string of the molecule is CN=C(NCc1cc(Cl)ccc1OC(F)F)NCC(C)(C)C(=O)NC. The van der Waals surface area contributed by atoms with Crippen LogP contribution in [-0.4, -0.2) is 39.1 Å². The number of alkyl halides is 2. The van der Waals surface area contributed by atoms with Gasteiger partial charge in [0.05, 0.1) is 5.41 Å². The van der Waals surface area contributed by atoms with Crippen LogP contribution >= 0.6 is 11.6 Å². The monoisotopic (exact) mass is 376 g/mol. The van der Waals surface area contributed by atoms with Gasteiger partial charge in [-0.3, -0.25) is 9.79 Å². The quantitative estimate of drug-likeness (QED) is 0.504. The normalized spacial score (nSPS) is 12.1. The summed E-state index contributed by atoms with van der Waals surface area (Å²) >= 11 is 5.91. The number of nitrogens with one attached hydrogen (secondary N) is 3. The van der Waals surface area contributed by atoms with Gasteiger partial charge in [-0.25, -0.2) is 0 Å². The molecule has 0 bridgehead atoms. The van der Waals surface area contributed by atoms with Gasteiger partial charge >= 0.3 is 6.61 Å². The molecule has 0 unspecified atom stereocenters. The topological polar surface area (TPSA) is 74.8 Å². The molecule has 0 radical (unpaired) electrons. The van der Waals surface area contributed by atoms with Gasteiger partial charge in [-0.15, -0.1) is 0 Å². The second-order valence-electron chi connectivity index (χ2n) is 5.87. The lowest BCUT2D eigenvalue weighted by Gasteiger charge is -2.24. The van der Waals surface area contributed by atoms with E-state index in [4.69, 9.17) is 11.6 Å². The molecule has 9 heteroatoms. The van der Waals surface area contributed by atoms with Crippen molar-refractivity contribution in [2.45, 2.75) is 27.0 Å². The van der Waals surface area contributed by atoms with Crippen LogP contribution in [0.1, 0.15) is 19.4 Å². The van der Waals surface area contributed by atoms with Gasteiger partial charge in [0.2, 0.25) is 5.91 Å². The van der Waals surface area contributed by atoms with Crippen molar-refractivity contribution in [2.24, 2.45) is 10.4 Å². The van der Waals surface area contributed by atoms with E-state index in [1.807, 2.05) is 0 Å². The number of benzene rings is 1. The zero-order valence-corrected chi connectivity index (χ0v) is 15.4. The van der Waals surface area contributed by atoms with Gasteiger partial charge in [-0.2, -0.15) is 8.78 Å². The minimum atomic E-state index is -2.93. The Labute approximate surface area is 151 Å². The average Bonchev–Trinajstić information content (AvgIpc) is 2.55. The molecule has 0 atom stereocenters. The first-order valence-corrected chi connectivity index (χ1v) is 7.97. The molecular weight excluding hydrogens is 354 g/mol. The Morgan fingerprint density at radius 1 is 1.36 bits per heavy atom. The molecule has 0 aliphatic carbocycles. The standard InChI is InChI=1S/C16H23ClF2N4O2/c1-16(2,13(24)20-3)9-23-15(21-4)22-8-10-7-11(17)5-6-12(10)25-14(18)19/h5-7,14H,8-9H2,1-4H3,(H,20,24)(H2,21,22,23). The zero-order valence-electron chi connectivity index (χ0n) is 14.6. The molecule has 0 fully saturated rings. The van der Waals surface area contributed by atoms with E-state index in [0.717, 1.165) is 0 Å². The Balaban J connectivity index is 2.72. The molecule has 0 aliphatic heterocycles. The molecular formula is C16H23ClF2N4O2. The highest BCUT2D eigenvalue weighted by Gasteiger charge is 2.26. The third kappa shape index (κ3) is 6.74. The highest BCUT2D eigenvalue weighted by atomic mass is 35.5. The number of rotatable bonds is 7. The van der Waals surface area contributed by atoms with E-state index in [-0.39, 0.29) is 18.2 Å². The molecule has 0 saturated heterocycles. The molecule has 25 heavy (non-hydrogen) atoms. The van der Waals surface area contributed by atoms with Crippen molar-refractivity contribution in [3.8, 4) is 5.75 Å². The van der Waals surface area contributed by atoms with Crippen LogP contribution in [0.5, 0.6) is 5.75 Å². The Morgan fingerprint density at radius 3 is 2.60 bits per heavy atom. The lowest BCUT2D eigenvalue weighted by atomic mass is 9.92.